The molecule has 518 valence electrons. The Morgan fingerprint density at radius 3 is 1.21 bits per heavy atom. The quantitative estimate of drug-likeness (QED) is 0.0195. The van der Waals surface area contributed by atoms with Gasteiger partial charge in [0.2, 0.25) is 5.91 Å². The third-order valence-electron chi connectivity index (χ3n) is 17.6. The van der Waals surface area contributed by atoms with E-state index in [1.165, 1.54) is 205 Å². The molecule has 0 aromatic carbocycles. The van der Waals surface area contributed by atoms with Gasteiger partial charge in [-0.3, -0.25) is 9.59 Å². The molecule has 0 aliphatic carbocycles. The highest BCUT2D eigenvalue weighted by atomic mass is 16.7. The number of allylic oxidation sites excluding steroid dienone is 11. The fourth-order valence-electron chi connectivity index (χ4n) is 11.7. The summed E-state index contributed by atoms with van der Waals surface area (Å²) < 4.78 is 17.7. The van der Waals surface area contributed by atoms with Crippen molar-refractivity contribution >= 4 is 11.9 Å². The van der Waals surface area contributed by atoms with Crippen LogP contribution < -0.4 is 5.32 Å². The third-order valence-corrected chi connectivity index (χ3v) is 17.6. The topological polar surface area (TPSA) is 175 Å². The number of esters is 1. The summed E-state index contributed by atoms with van der Waals surface area (Å²) in [4.78, 5) is 26.7. The second-order valence-corrected chi connectivity index (χ2v) is 26.0. The number of amides is 1. The number of aliphatic hydroxyl groups excluding tert-OH is 5. The predicted molar refractivity (Wildman–Crippen MR) is 375 cm³/mol. The molecule has 1 aliphatic heterocycles. The van der Waals surface area contributed by atoms with Gasteiger partial charge < -0.3 is 45.1 Å². The molecule has 0 saturated carbocycles. The first-order valence-corrected chi connectivity index (χ1v) is 37.7. The van der Waals surface area contributed by atoms with Crippen molar-refractivity contribution in [2.45, 2.75) is 397 Å². The molecule has 1 saturated heterocycles. The molecule has 11 nitrogen and oxygen atoms in total. The van der Waals surface area contributed by atoms with Gasteiger partial charge in [-0.25, -0.2) is 0 Å². The Hall–Kier alpha value is -2.90. The summed E-state index contributed by atoms with van der Waals surface area (Å²) in [6.07, 6.45) is 75.1. The highest BCUT2D eigenvalue weighted by molar-refractivity contribution is 5.80. The van der Waals surface area contributed by atoms with Gasteiger partial charge in [-0.2, -0.15) is 0 Å². The minimum atomic E-state index is -1.62. The summed E-state index contributed by atoms with van der Waals surface area (Å²) in [5.41, 5.74) is 0. The summed E-state index contributed by atoms with van der Waals surface area (Å²) in [6.45, 7) is 5.73. The van der Waals surface area contributed by atoms with Crippen LogP contribution in [0.2, 0.25) is 0 Å². The Balaban J connectivity index is 2.54. The van der Waals surface area contributed by atoms with E-state index in [1.54, 1.807) is 6.08 Å². The first-order chi connectivity index (χ1) is 43.7. The van der Waals surface area contributed by atoms with E-state index in [0.29, 0.717) is 19.3 Å². The molecule has 1 aliphatic rings. The molecule has 0 aromatic heterocycles. The average Bonchev–Trinajstić information content (AvgIpc) is 1.85. The maximum atomic E-state index is 13.5. The molecule has 1 fully saturated rings. The number of ether oxygens (including phenoxy) is 3. The SMILES string of the molecule is CC/C=C\C/C=C\C/C=C\C/C=C\C/C=C\CCCCCCCCCCCCCC(=O)OC1C(OCC(NC(=O)C(O)CCCCCCCCCCCCCCCCCCCCCC)C(O)/C=C/CCCCCCCCCCCCC)OC(CO)C(O)C1O. The molecule has 6 N–H and O–H groups in total. The molecule has 89 heavy (non-hydrogen) atoms. The van der Waals surface area contributed by atoms with Crippen LogP contribution in [0.3, 0.4) is 0 Å². The van der Waals surface area contributed by atoms with Crippen LogP contribution in [0.5, 0.6) is 0 Å². The summed E-state index contributed by atoms with van der Waals surface area (Å²) in [5, 5.41) is 57.4. The molecule has 0 aromatic rings. The van der Waals surface area contributed by atoms with Crippen molar-refractivity contribution in [2.24, 2.45) is 0 Å². The standard InChI is InChI=1S/C78H141NO10/c1-4-7-10-13-16-19-22-25-27-29-31-33-34-35-36-37-38-39-41-43-45-48-51-54-57-60-63-66-73(83)89-76-75(85)74(84)72(67-80)88-78(76)87-68-69(70(81)64-61-58-55-52-49-46-24-21-18-15-12-9-6-3)79-77(86)71(82)65-62-59-56-53-50-47-44-42-40-32-30-28-26-23-20-17-14-11-8-5-2/h7,10,16,19,25,27,31,33,35-36,61,64,69-72,74-76,78,80-82,84-85H,4-6,8-9,11-15,17-18,20-24,26,28-30,32,34,37-60,62-63,65-68H2,1-3H3,(H,79,86)/b10-7-,19-16-,27-25-,33-31-,36-35-,64-61+. The Kier molecular flexibility index (Phi) is 61.6. The summed E-state index contributed by atoms with van der Waals surface area (Å²) >= 11 is 0. The second-order valence-electron chi connectivity index (χ2n) is 26.0. The van der Waals surface area contributed by atoms with Crippen LogP contribution in [0.15, 0.2) is 72.9 Å². The lowest BCUT2D eigenvalue weighted by Gasteiger charge is -2.41. The molecule has 8 unspecified atom stereocenters. The lowest BCUT2D eigenvalue weighted by molar-refractivity contribution is -0.305. The zero-order valence-corrected chi connectivity index (χ0v) is 57.8. The van der Waals surface area contributed by atoms with E-state index in [0.717, 1.165) is 96.3 Å². The van der Waals surface area contributed by atoms with E-state index in [9.17, 15) is 35.1 Å². The molecule has 0 spiro atoms. The number of hydrogen-bond acceptors (Lipinski definition) is 10. The average molecular weight is 1250 g/mol. The Labute approximate surface area is 547 Å². The predicted octanol–water partition coefficient (Wildman–Crippen LogP) is 19.9. The number of unbranched alkanes of at least 4 members (excludes halogenated alkanes) is 41. The van der Waals surface area contributed by atoms with Crippen LogP contribution in [0, 0.1) is 0 Å². The Morgan fingerprint density at radius 2 is 0.809 bits per heavy atom. The van der Waals surface area contributed by atoms with E-state index < -0.39 is 67.4 Å². The van der Waals surface area contributed by atoms with Crippen LogP contribution in [0.1, 0.15) is 348 Å². The van der Waals surface area contributed by atoms with Crippen molar-refractivity contribution in [3.63, 3.8) is 0 Å². The fourth-order valence-corrected chi connectivity index (χ4v) is 11.7. The lowest BCUT2D eigenvalue weighted by atomic mass is 9.99. The molecule has 0 bridgehead atoms. The monoisotopic (exact) mass is 1250 g/mol. The number of rotatable bonds is 65. The van der Waals surface area contributed by atoms with Crippen molar-refractivity contribution in [1.29, 1.82) is 0 Å². The molecule has 1 rings (SSSR count). The third kappa shape index (κ3) is 52.2. The van der Waals surface area contributed by atoms with Crippen LogP contribution in [-0.2, 0) is 23.8 Å². The first kappa shape index (κ1) is 84.1. The number of hydrogen-bond donors (Lipinski definition) is 6. The highest BCUT2D eigenvalue weighted by Crippen LogP contribution is 2.26. The molecule has 8 atom stereocenters. The summed E-state index contributed by atoms with van der Waals surface area (Å²) in [7, 11) is 0. The van der Waals surface area contributed by atoms with Gasteiger partial charge in [0.15, 0.2) is 12.4 Å². The zero-order chi connectivity index (χ0) is 64.6. The minimum Gasteiger partial charge on any atom is -0.454 e. The van der Waals surface area contributed by atoms with Gasteiger partial charge in [0.05, 0.1) is 25.4 Å². The first-order valence-electron chi connectivity index (χ1n) is 37.7. The highest BCUT2D eigenvalue weighted by Gasteiger charge is 2.47. The van der Waals surface area contributed by atoms with Crippen LogP contribution in [0.4, 0.5) is 0 Å². The van der Waals surface area contributed by atoms with E-state index in [4.69, 9.17) is 14.2 Å². The van der Waals surface area contributed by atoms with Crippen molar-refractivity contribution < 1.29 is 49.3 Å². The minimum absolute atomic E-state index is 0.119. The largest absolute Gasteiger partial charge is 0.454 e. The molecule has 1 amide bonds. The van der Waals surface area contributed by atoms with E-state index in [2.05, 4.69) is 86.8 Å². The van der Waals surface area contributed by atoms with Gasteiger partial charge in [-0.1, -0.05) is 344 Å². The number of carbonyl (C=O) groups excluding carboxylic acids is 2. The van der Waals surface area contributed by atoms with Crippen molar-refractivity contribution in [1.82, 2.24) is 5.32 Å². The number of nitrogens with one attached hydrogen (secondary N) is 1. The normalized spacial score (nSPS) is 18.5. The van der Waals surface area contributed by atoms with Gasteiger partial charge in [0.1, 0.15) is 24.4 Å². The Morgan fingerprint density at radius 1 is 0.449 bits per heavy atom. The molecular formula is C78H141NO10. The summed E-state index contributed by atoms with van der Waals surface area (Å²) in [5.74, 6) is -1.18. The lowest BCUT2D eigenvalue weighted by Crippen LogP contribution is -2.61. The van der Waals surface area contributed by atoms with E-state index >= 15 is 0 Å². The smallest absolute Gasteiger partial charge is 0.306 e. The molecule has 0 radical (unpaired) electrons. The maximum Gasteiger partial charge on any atom is 0.306 e. The van der Waals surface area contributed by atoms with Gasteiger partial charge in [-0.15, -0.1) is 0 Å². The van der Waals surface area contributed by atoms with Gasteiger partial charge >= 0.3 is 5.97 Å². The Bertz CT molecular complexity index is 1730. The molecule has 11 heteroatoms. The van der Waals surface area contributed by atoms with Gasteiger partial charge in [-0.05, 0) is 70.6 Å². The number of aliphatic hydroxyl groups is 5. The van der Waals surface area contributed by atoms with E-state index in [1.807, 2.05) is 6.08 Å². The van der Waals surface area contributed by atoms with Crippen LogP contribution >= 0.6 is 0 Å². The zero-order valence-electron chi connectivity index (χ0n) is 57.8. The molecular weight excluding hydrogens is 1110 g/mol. The van der Waals surface area contributed by atoms with Crippen LogP contribution in [-0.4, -0.2) is 99.6 Å². The van der Waals surface area contributed by atoms with Gasteiger partial charge in [0.25, 0.3) is 0 Å². The van der Waals surface area contributed by atoms with Gasteiger partial charge in [0, 0.05) is 6.42 Å². The maximum absolute atomic E-state index is 13.5. The van der Waals surface area contributed by atoms with Crippen LogP contribution in [0.25, 0.3) is 0 Å². The second kappa shape index (κ2) is 65.2. The van der Waals surface area contributed by atoms with Crippen molar-refractivity contribution in [2.75, 3.05) is 13.2 Å². The summed E-state index contributed by atoms with van der Waals surface area (Å²) in [6, 6.07) is -1.03. The molecule has 1 heterocycles. The van der Waals surface area contributed by atoms with E-state index in [-0.39, 0.29) is 13.0 Å². The number of carbonyl (C=O) groups is 2. The van der Waals surface area contributed by atoms with Crippen molar-refractivity contribution in [3.8, 4) is 0 Å². The van der Waals surface area contributed by atoms with Crippen molar-refractivity contribution in [3.05, 3.63) is 72.9 Å². The fraction of sp³-hybridized carbons (Fsp3) is 0.821.